The van der Waals surface area contributed by atoms with Gasteiger partial charge in [0.05, 0.1) is 5.54 Å². The van der Waals surface area contributed by atoms with Crippen LogP contribution in [0.4, 0.5) is 0 Å². The third-order valence-electron chi connectivity index (χ3n) is 4.00. The van der Waals surface area contributed by atoms with Crippen LogP contribution < -0.4 is 5.32 Å². The molecule has 15 heavy (non-hydrogen) atoms. The van der Waals surface area contributed by atoms with Gasteiger partial charge < -0.3 is 10.2 Å². The largest absolute Gasteiger partial charge is 0.349 e. The number of carbonyl (C=O) groups is 1. The second-order valence-electron chi connectivity index (χ2n) is 5.14. The molecular weight excluding hydrogens is 188 g/mol. The molecule has 3 aliphatic rings. The number of fused-ring (bicyclic) bond motifs is 3. The fourth-order valence-electron chi connectivity index (χ4n) is 3.46. The number of carbonyl (C=O) groups excluding carboxylic acids is 1. The summed E-state index contributed by atoms with van der Waals surface area (Å²) in [6.07, 6.45) is 4.82. The zero-order valence-electron chi connectivity index (χ0n) is 9.88. The Bertz CT molecular complexity index is 246. The van der Waals surface area contributed by atoms with Crippen LogP contribution in [0.15, 0.2) is 0 Å². The van der Waals surface area contributed by atoms with E-state index in [0.717, 1.165) is 19.4 Å². The number of nitrogens with zero attached hydrogens (tertiary/aromatic N) is 1. The van der Waals surface area contributed by atoms with Crippen molar-refractivity contribution in [3.8, 4) is 0 Å². The maximum absolute atomic E-state index is 11.3. The average Bonchev–Trinajstić information content (AvgIpc) is 2.18. The lowest BCUT2D eigenvalue weighted by Crippen LogP contribution is -2.66. The SMILES string of the molecule is CCCC1(NC(C)=O)CN2CCC1CC2. The molecule has 1 unspecified atom stereocenters. The van der Waals surface area contributed by atoms with Crippen LogP contribution in [0.3, 0.4) is 0 Å². The van der Waals surface area contributed by atoms with Crippen molar-refractivity contribution in [2.45, 2.75) is 45.1 Å². The second kappa shape index (κ2) is 4.12. The van der Waals surface area contributed by atoms with Gasteiger partial charge in [-0.2, -0.15) is 0 Å². The van der Waals surface area contributed by atoms with Gasteiger partial charge in [-0.15, -0.1) is 0 Å². The average molecular weight is 210 g/mol. The van der Waals surface area contributed by atoms with Crippen molar-refractivity contribution in [2.24, 2.45) is 5.92 Å². The minimum absolute atomic E-state index is 0.0943. The third-order valence-corrected chi connectivity index (χ3v) is 4.00. The molecule has 1 atom stereocenters. The van der Waals surface area contributed by atoms with Crippen molar-refractivity contribution in [2.75, 3.05) is 19.6 Å². The molecule has 0 aromatic rings. The summed E-state index contributed by atoms with van der Waals surface area (Å²) in [6, 6.07) is 0. The Morgan fingerprint density at radius 1 is 1.47 bits per heavy atom. The van der Waals surface area contributed by atoms with E-state index in [1.165, 1.54) is 25.9 Å². The van der Waals surface area contributed by atoms with E-state index in [9.17, 15) is 4.79 Å². The van der Waals surface area contributed by atoms with Crippen molar-refractivity contribution in [1.29, 1.82) is 0 Å². The fourth-order valence-corrected chi connectivity index (χ4v) is 3.46. The molecule has 3 heterocycles. The lowest BCUT2D eigenvalue weighted by Gasteiger charge is -2.53. The smallest absolute Gasteiger partial charge is 0.217 e. The highest BCUT2D eigenvalue weighted by Gasteiger charge is 2.46. The summed E-state index contributed by atoms with van der Waals surface area (Å²) in [5, 5.41) is 3.25. The molecule has 0 aromatic heterocycles. The highest BCUT2D eigenvalue weighted by atomic mass is 16.1. The molecule has 1 N–H and O–H groups in total. The van der Waals surface area contributed by atoms with E-state index in [2.05, 4.69) is 17.1 Å². The first-order valence-electron chi connectivity index (χ1n) is 6.17. The molecule has 0 spiro atoms. The van der Waals surface area contributed by atoms with Crippen LogP contribution in [0.25, 0.3) is 0 Å². The third kappa shape index (κ3) is 2.03. The molecule has 3 aliphatic heterocycles. The normalized spacial score (nSPS) is 39.1. The number of nitrogens with one attached hydrogen (secondary N) is 1. The molecule has 3 rings (SSSR count). The van der Waals surface area contributed by atoms with Crippen LogP contribution in [0, 0.1) is 5.92 Å². The lowest BCUT2D eigenvalue weighted by molar-refractivity contribution is -0.124. The molecule has 3 nitrogen and oxygen atoms in total. The van der Waals surface area contributed by atoms with Crippen LogP contribution >= 0.6 is 0 Å². The van der Waals surface area contributed by atoms with Crippen LogP contribution in [0.5, 0.6) is 0 Å². The molecule has 0 radical (unpaired) electrons. The summed E-state index contributed by atoms with van der Waals surface area (Å²) >= 11 is 0. The van der Waals surface area contributed by atoms with Gasteiger partial charge in [0.1, 0.15) is 0 Å². The predicted molar refractivity (Wildman–Crippen MR) is 60.6 cm³/mol. The van der Waals surface area contributed by atoms with Crippen LogP contribution in [-0.2, 0) is 4.79 Å². The first-order valence-corrected chi connectivity index (χ1v) is 6.17. The highest BCUT2D eigenvalue weighted by Crippen LogP contribution is 2.38. The van der Waals surface area contributed by atoms with Gasteiger partial charge in [0.25, 0.3) is 0 Å². The molecule has 3 saturated heterocycles. The van der Waals surface area contributed by atoms with Gasteiger partial charge >= 0.3 is 0 Å². The Labute approximate surface area is 92.2 Å². The number of hydrogen-bond donors (Lipinski definition) is 1. The molecule has 1 amide bonds. The zero-order chi connectivity index (χ0) is 10.9. The van der Waals surface area contributed by atoms with Crippen molar-refractivity contribution >= 4 is 5.91 Å². The van der Waals surface area contributed by atoms with Gasteiger partial charge in [-0.3, -0.25) is 4.79 Å². The summed E-state index contributed by atoms with van der Waals surface area (Å²) in [5.74, 6) is 0.851. The van der Waals surface area contributed by atoms with Gasteiger partial charge in [-0.25, -0.2) is 0 Å². The van der Waals surface area contributed by atoms with E-state index in [0.29, 0.717) is 5.92 Å². The van der Waals surface area contributed by atoms with Gasteiger partial charge in [0, 0.05) is 13.5 Å². The Morgan fingerprint density at radius 3 is 2.53 bits per heavy atom. The Morgan fingerprint density at radius 2 is 2.13 bits per heavy atom. The lowest BCUT2D eigenvalue weighted by atomic mass is 9.70. The summed E-state index contributed by atoms with van der Waals surface area (Å²) in [7, 11) is 0. The summed E-state index contributed by atoms with van der Waals surface area (Å²) < 4.78 is 0. The molecule has 0 aromatic carbocycles. The minimum atomic E-state index is 0.0943. The molecule has 3 heteroatoms. The van der Waals surface area contributed by atoms with Crippen molar-refractivity contribution in [3.63, 3.8) is 0 Å². The zero-order valence-corrected chi connectivity index (χ0v) is 9.88. The molecule has 0 aliphatic carbocycles. The van der Waals surface area contributed by atoms with E-state index in [4.69, 9.17) is 0 Å². The quantitative estimate of drug-likeness (QED) is 0.763. The van der Waals surface area contributed by atoms with E-state index in [-0.39, 0.29) is 11.4 Å². The van der Waals surface area contributed by atoms with Gasteiger partial charge in [0.2, 0.25) is 5.91 Å². The van der Waals surface area contributed by atoms with Crippen LogP contribution in [-0.4, -0.2) is 36.0 Å². The molecule has 3 fully saturated rings. The maximum Gasteiger partial charge on any atom is 0.217 e. The van der Waals surface area contributed by atoms with E-state index < -0.39 is 0 Å². The second-order valence-corrected chi connectivity index (χ2v) is 5.14. The summed E-state index contributed by atoms with van der Waals surface area (Å²) in [5.41, 5.74) is 0.0943. The van der Waals surface area contributed by atoms with E-state index in [1.54, 1.807) is 6.92 Å². The summed E-state index contributed by atoms with van der Waals surface area (Å²) in [6.45, 7) is 7.40. The molecule has 0 saturated carbocycles. The van der Waals surface area contributed by atoms with Crippen molar-refractivity contribution in [1.82, 2.24) is 10.2 Å². The first kappa shape index (κ1) is 10.9. The monoisotopic (exact) mass is 210 g/mol. The predicted octanol–water partition coefficient (Wildman–Crippen LogP) is 1.39. The van der Waals surface area contributed by atoms with E-state index >= 15 is 0 Å². The van der Waals surface area contributed by atoms with Gasteiger partial charge in [-0.05, 0) is 38.3 Å². The van der Waals surface area contributed by atoms with E-state index in [1.807, 2.05) is 0 Å². The fraction of sp³-hybridized carbons (Fsp3) is 0.917. The van der Waals surface area contributed by atoms with Crippen LogP contribution in [0.1, 0.15) is 39.5 Å². The maximum atomic E-state index is 11.3. The Balaban J connectivity index is 2.14. The topological polar surface area (TPSA) is 32.3 Å². The highest BCUT2D eigenvalue weighted by molar-refractivity contribution is 5.74. The molecular formula is C12H22N2O. The van der Waals surface area contributed by atoms with Crippen LogP contribution in [0.2, 0.25) is 0 Å². The molecule has 86 valence electrons. The number of rotatable bonds is 3. The standard InChI is InChI=1S/C12H22N2O/c1-3-6-12(13-10(2)15)9-14-7-4-11(12)5-8-14/h11H,3-9H2,1-2H3,(H,13,15). The van der Waals surface area contributed by atoms with Gasteiger partial charge in [-0.1, -0.05) is 13.3 Å². The van der Waals surface area contributed by atoms with Crippen molar-refractivity contribution < 1.29 is 4.79 Å². The number of amides is 1. The Hall–Kier alpha value is -0.570. The first-order chi connectivity index (χ1) is 7.16. The molecule has 2 bridgehead atoms. The number of piperidine rings is 3. The number of hydrogen-bond acceptors (Lipinski definition) is 2. The van der Waals surface area contributed by atoms with Gasteiger partial charge in [0.15, 0.2) is 0 Å². The minimum Gasteiger partial charge on any atom is -0.349 e. The van der Waals surface area contributed by atoms with Crippen molar-refractivity contribution in [3.05, 3.63) is 0 Å². The summed E-state index contributed by atoms with van der Waals surface area (Å²) in [4.78, 5) is 13.8. The Kier molecular flexibility index (Phi) is 3.01.